The van der Waals surface area contributed by atoms with Gasteiger partial charge in [0.15, 0.2) is 0 Å². The van der Waals surface area contributed by atoms with Gasteiger partial charge >= 0.3 is 5.97 Å². The number of carbonyl (C=O) groups excluding carboxylic acids is 3. The number of aromatic amines is 2. The predicted molar refractivity (Wildman–Crippen MR) is 158 cm³/mol. The zero-order valence-electron chi connectivity index (χ0n) is 23.6. The summed E-state index contributed by atoms with van der Waals surface area (Å²) in [6.07, 6.45) is 5.88. The van der Waals surface area contributed by atoms with Gasteiger partial charge in [0.1, 0.15) is 23.9 Å². The summed E-state index contributed by atoms with van der Waals surface area (Å²) in [5.74, 6) is -3.27. The van der Waals surface area contributed by atoms with Crippen LogP contribution in [0.2, 0.25) is 0 Å². The van der Waals surface area contributed by atoms with Crippen molar-refractivity contribution in [2.24, 2.45) is 5.73 Å². The van der Waals surface area contributed by atoms with Gasteiger partial charge in [-0.3, -0.25) is 14.4 Å². The highest BCUT2D eigenvalue weighted by atomic mass is 16.4. The predicted octanol–water partition coefficient (Wildman–Crippen LogP) is -0.0247. The number of phenols is 1. The number of carboxylic acids is 1. The molecule has 14 nitrogen and oxygen atoms in total. The van der Waals surface area contributed by atoms with Gasteiger partial charge in [0.2, 0.25) is 17.7 Å². The quantitative estimate of drug-likeness (QED) is 0.0912. The van der Waals surface area contributed by atoms with Crippen molar-refractivity contribution in [1.82, 2.24) is 35.9 Å². The molecule has 0 bridgehead atoms. The number of benzene rings is 2. The summed E-state index contributed by atoms with van der Waals surface area (Å²) in [5, 5.41) is 27.3. The molecule has 2 aromatic carbocycles. The number of nitrogens with one attached hydrogen (secondary N) is 5. The van der Waals surface area contributed by atoms with Crippen LogP contribution < -0.4 is 21.7 Å². The maximum atomic E-state index is 13.7. The van der Waals surface area contributed by atoms with E-state index < -0.39 is 47.9 Å². The lowest BCUT2D eigenvalue weighted by molar-refractivity contribution is -0.142. The van der Waals surface area contributed by atoms with Crippen molar-refractivity contribution in [3.63, 3.8) is 0 Å². The second-order valence-corrected chi connectivity index (χ2v) is 10.3. The van der Waals surface area contributed by atoms with Crippen LogP contribution in [0.3, 0.4) is 0 Å². The number of rotatable bonds is 15. The summed E-state index contributed by atoms with van der Waals surface area (Å²) in [7, 11) is 0. The molecule has 4 atom stereocenters. The summed E-state index contributed by atoms with van der Waals surface area (Å²) in [5.41, 5.74) is 8.65. The average Bonchev–Trinajstić information content (AvgIpc) is 3.72. The Labute approximate surface area is 252 Å². The van der Waals surface area contributed by atoms with Gasteiger partial charge < -0.3 is 41.9 Å². The Morgan fingerprint density at radius 1 is 0.682 bits per heavy atom. The molecule has 0 fully saturated rings. The molecule has 4 rings (SSSR count). The molecule has 0 aliphatic heterocycles. The molecule has 0 aliphatic carbocycles. The van der Waals surface area contributed by atoms with Gasteiger partial charge in [-0.25, -0.2) is 14.8 Å². The van der Waals surface area contributed by atoms with Gasteiger partial charge in [-0.1, -0.05) is 42.5 Å². The van der Waals surface area contributed by atoms with Crippen molar-refractivity contribution in [1.29, 1.82) is 0 Å². The molecule has 2 aromatic heterocycles. The molecular formula is C30H34N8O6. The van der Waals surface area contributed by atoms with Crippen molar-refractivity contribution < 1.29 is 29.4 Å². The van der Waals surface area contributed by atoms with E-state index in [1.54, 1.807) is 12.1 Å². The highest BCUT2D eigenvalue weighted by molar-refractivity contribution is 5.94. The van der Waals surface area contributed by atoms with Crippen LogP contribution in [-0.4, -0.2) is 78.0 Å². The molecule has 2 heterocycles. The van der Waals surface area contributed by atoms with Crippen LogP contribution >= 0.6 is 0 Å². The minimum Gasteiger partial charge on any atom is -0.508 e. The Morgan fingerprint density at radius 2 is 1.18 bits per heavy atom. The average molecular weight is 603 g/mol. The number of imidazole rings is 2. The maximum absolute atomic E-state index is 13.7. The van der Waals surface area contributed by atoms with Gasteiger partial charge in [-0.05, 0) is 29.7 Å². The molecule has 230 valence electrons. The molecule has 4 aromatic rings. The Kier molecular flexibility index (Phi) is 10.8. The number of aromatic hydroxyl groups is 1. The lowest BCUT2D eigenvalue weighted by Crippen LogP contribution is -2.58. The zero-order chi connectivity index (χ0) is 31.5. The van der Waals surface area contributed by atoms with Crippen molar-refractivity contribution >= 4 is 23.7 Å². The van der Waals surface area contributed by atoms with E-state index >= 15 is 0 Å². The van der Waals surface area contributed by atoms with E-state index in [2.05, 4.69) is 35.9 Å². The monoisotopic (exact) mass is 602 g/mol. The molecule has 0 aliphatic rings. The summed E-state index contributed by atoms with van der Waals surface area (Å²) in [4.78, 5) is 65.7. The number of carboxylic acid groups (broad SMARTS) is 1. The Bertz CT molecular complexity index is 1510. The summed E-state index contributed by atoms with van der Waals surface area (Å²) < 4.78 is 0. The zero-order valence-corrected chi connectivity index (χ0v) is 23.6. The number of nitrogens with zero attached hydrogens (tertiary/aromatic N) is 2. The number of amides is 3. The SMILES string of the molecule is NC(Cc1ccccc1)C(=O)NC(Cc1ccc(O)cc1)C(=O)NC(Cc1cnc[nH]1)C(=O)NC(Cc1cnc[nH]1)C(=O)O. The minimum atomic E-state index is -1.31. The fourth-order valence-corrected chi connectivity index (χ4v) is 4.50. The molecule has 4 unspecified atom stereocenters. The molecule has 9 N–H and O–H groups in total. The normalized spacial score (nSPS) is 13.7. The molecule has 0 saturated carbocycles. The van der Waals surface area contributed by atoms with Crippen LogP contribution in [0.15, 0.2) is 79.6 Å². The van der Waals surface area contributed by atoms with Crippen molar-refractivity contribution in [3.8, 4) is 5.75 Å². The van der Waals surface area contributed by atoms with Gasteiger partial charge in [0, 0.05) is 43.0 Å². The van der Waals surface area contributed by atoms with E-state index in [-0.39, 0.29) is 31.4 Å². The van der Waals surface area contributed by atoms with E-state index in [0.29, 0.717) is 17.0 Å². The third kappa shape index (κ3) is 9.25. The summed E-state index contributed by atoms with van der Waals surface area (Å²) in [6.45, 7) is 0. The first-order chi connectivity index (χ1) is 21.2. The fourth-order valence-electron chi connectivity index (χ4n) is 4.50. The van der Waals surface area contributed by atoms with Crippen molar-refractivity contribution in [2.75, 3.05) is 0 Å². The number of aromatic nitrogens is 4. The number of nitrogens with two attached hydrogens (primary N) is 1. The Morgan fingerprint density at radius 3 is 1.73 bits per heavy atom. The topological polar surface area (TPSA) is 228 Å². The lowest BCUT2D eigenvalue weighted by Gasteiger charge is -2.25. The first-order valence-corrected chi connectivity index (χ1v) is 13.8. The van der Waals surface area contributed by atoms with Gasteiger partial charge in [0.05, 0.1) is 18.7 Å². The van der Waals surface area contributed by atoms with Crippen molar-refractivity contribution in [3.05, 3.63) is 102 Å². The van der Waals surface area contributed by atoms with Crippen LogP contribution in [0, 0.1) is 0 Å². The molecule has 0 radical (unpaired) electrons. The first kappa shape index (κ1) is 31.4. The maximum Gasteiger partial charge on any atom is 0.326 e. The van der Waals surface area contributed by atoms with E-state index in [0.717, 1.165) is 5.56 Å². The van der Waals surface area contributed by atoms with Crippen LogP contribution in [-0.2, 0) is 44.9 Å². The largest absolute Gasteiger partial charge is 0.508 e. The van der Waals surface area contributed by atoms with Crippen molar-refractivity contribution in [2.45, 2.75) is 49.9 Å². The van der Waals surface area contributed by atoms with Crippen LogP contribution in [0.5, 0.6) is 5.75 Å². The third-order valence-corrected chi connectivity index (χ3v) is 6.85. The second kappa shape index (κ2) is 15.1. The molecule has 14 heteroatoms. The van der Waals surface area contributed by atoms with Gasteiger partial charge in [-0.15, -0.1) is 0 Å². The first-order valence-electron chi connectivity index (χ1n) is 13.8. The van der Waals surface area contributed by atoms with Crippen LogP contribution in [0.1, 0.15) is 22.5 Å². The van der Waals surface area contributed by atoms with E-state index in [9.17, 15) is 29.4 Å². The second-order valence-electron chi connectivity index (χ2n) is 10.3. The Balaban J connectivity index is 1.52. The number of aliphatic carboxylic acids is 1. The number of H-pyrrole nitrogens is 2. The summed E-state index contributed by atoms with van der Waals surface area (Å²) >= 11 is 0. The Hall–Kier alpha value is -5.50. The molecule has 44 heavy (non-hydrogen) atoms. The number of phenolic OH excluding ortho intramolecular Hbond substituents is 1. The summed E-state index contributed by atoms with van der Waals surface area (Å²) in [6, 6.07) is 10.6. The smallest absolute Gasteiger partial charge is 0.326 e. The highest BCUT2D eigenvalue weighted by Crippen LogP contribution is 2.13. The van der Waals surface area contributed by atoms with Crippen LogP contribution in [0.25, 0.3) is 0 Å². The van der Waals surface area contributed by atoms with Crippen LogP contribution in [0.4, 0.5) is 0 Å². The van der Waals surface area contributed by atoms with Gasteiger partial charge in [0.25, 0.3) is 0 Å². The number of hydrogen-bond donors (Lipinski definition) is 8. The number of carbonyl (C=O) groups is 4. The fraction of sp³-hybridized carbons (Fsp3) is 0.267. The van der Waals surface area contributed by atoms with Gasteiger partial charge in [-0.2, -0.15) is 0 Å². The minimum absolute atomic E-state index is 0.0197. The van der Waals surface area contributed by atoms with E-state index in [1.807, 2.05) is 30.3 Å². The van der Waals surface area contributed by atoms with E-state index in [4.69, 9.17) is 5.73 Å². The molecule has 3 amide bonds. The standard InChI is InChI=1S/C30H34N8O6/c31-23(10-18-4-2-1-3-5-18)27(40)36-24(11-19-6-8-22(39)9-7-19)28(41)37-25(12-20-14-32-16-34-20)29(42)38-26(30(43)44)13-21-15-33-17-35-21/h1-9,14-17,23-26,39H,10-13,31H2,(H,32,34)(H,33,35)(H,36,40)(H,37,41)(H,38,42)(H,43,44). The molecular weight excluding hydrogens is 568 g/mol. The third-order valence-electron chi connectivity index (χ3n) is 6.85. The molecule has 0 spiro atoms. The lowest BCUT2D eigenvalue weighted by atomic mass is 10.0. The van der Waals surface area contributed by atoms with E-state index in [1.165, 1.54) is 37.2 Å². The highest BCUT2D eigenvalue weighted by Gasteiger charge is 2.31. The number of hydrogen-bond acceptors (Lipinski definition) is 8. The molecule has 0 saturated heterocycles.